The number of carbonyl (C=O) groups excluding carboxylic acids is 1. The predicted molar refractivity (Wildman–Crippen MR) is 126 cm³/mol. The van der Waals surface area contributed by atoms with Gasteiger partial charge in [-0.25, -0.2) is 0 Å². The van der Waals surface area contributed by atoms with Gasteiger partial charge in [-0.15, -0.1) is 0 Å². The van der Waals surface area contributed by atoms with Crippen molar-refractivity contribution in [2.75, 3.05) is 32.8 Å². The van der Waals surface area contributed by atoms with Gasteiger partial charge >= 0.3 is 0 Å². The van der Waals surface area contributed by atoms with Crippen LogP contribution in [0.25, 0.3) is 0 Å². The molecule has 2 fully saturated rings. The normalized spacial score (nSPS) is 22.6. The molecule has 166 valence electrons. The summed E-state index contributed by atoms with van der Waals surface area (Å²) in [5.74, 6) is 0.871. The molecule has 1 amide bonds. The first kappa shape index (κ1) is 21.2. The summed E-state index contributed by atoms with van der Waals surface area (Å²) >= 11 is 1.67. The molecule has 1 aromatic carbocycles. The molecule has 4 nitrogen and oxygen atoms in total. The molecule has 0 saturated carbocycles. The number of hydrogen-bond donors (Lipinski definition) is 0. The van der Waals surface area contributed by atoms with Crippen LogP contribution in [-0.4, -0.2) is 60.6 Å². The maximum atomic E-state index is 13.1. The fraction of sp³-hybridized carbons (Fsp3) is 0.577. The van der Waals surface area contributed by atoms with E-state index >= 15 is 0 Å². The lowest BCUT2D eigenvalue weighted by Gasteiger charge is -2.38. The summed E-state index contributed by atoms with van der Waals surface area (Å²) in [7, 11) is 0. The van der Waals surface area contributed by atoms with Gasteiger partial charge in [0, 0.05) is 25.7 Å². The third-order valence-corrected chi connectivity index (χ3v) is 8.14. The molecule has 31 heavy (non-hydrogen) atoms. The molecule has 0 spiro atoms. The molecule has 1 aromatic heterocycles. The van der Waals surface area contributed by atoms with Crippen LogP contribution in [0.15, 0.2) is 41.1 Å². The second-order valence-electron chi connectivity index (χ2n) is 9.55. The van der Waals surface area contributed by atoms with Crippen LogP contribution in [0.1, 0.15) is 42.4 Å². The molecule has 0 radical (unpaired) electrons. The maximum Gasteiger partial charge on any atom is 0.227 e. The molecule has 0 bridgehead atoms. The smallest absolute Gasteiger partial charge is 0.227 e. The average molecular weight is 439 g/mol. The van der Waals surface area contributed by atoms with Crippen LogP contribution in [0.2, 0.25) is 0 Å². The van der Waals surface area contributed by atoms with E-state index in [1.54, 1.807) is 11.3 Å². The Bertz CT molecular complexity index is 829. The first-order valence-electron chi connectivity index (χ1n) is 12.0. The molecular formula is C26H34N2O2S. The molecule has 3 heterocycles. The highest BCUT2D eigenvalue weighted by Crippen LogP contribution is 2.29. The van der Waals surface area contributed by atoms with Crippen molar-refractivity contribution in [2.45, 2.75) is 57.1 Å². The minimum Gasteiger partial charge on any atom is -0.376 e. The second kappa shape index (κ2) is 9.85. The average Bonchev–Trinajstić information content (AvgIpc) is 3.55. The van der Waals surface area contributed by atoms with Crippen molar-refractivity contribution in [2.24, 2.45) is 5.92 Å². The number of fused-ring (bicyclic) bond motifs is 1. The third kappa shape index (κ3) is 5.21. The molecule has 2 aliphatic heterocycles. The van der Waals surface area contributed by atoms with Gasteiger partial charge in [0.2, 0.25) is 5.91 Å². The largest absolute Gasteiger partial charge is 0.376 e. The number of nitrogens with zero attached hydrogens (tertiary/aromatic N) is 2. The van der Waals surface area contributed by atoms with Crippen LogP contribution in [-0.2, 0) is 28.8 Å². The number of thiophene rings is 1. The van der Waals surface area contributed by atoms with Crippen LogP contribution >= 0.6 is 11.3 Å². The molecule has 0 N–H and O–H groups in total. The zero-order chi connectivity index (χ0) is 21.0. The van der Waals surface area contributed by atoms with Gasteiger partial charge in [0.05, 0.1) is 12.5 Å². The Hall–Kier alpha value is -1.69. The van der Waals surface area contributed by atoms with Crippen molar-refractivity contribution in [3.05, 3.63) is 57.8 Å². The lowest BCUT2D eigenvalue weighted by molar-refractivity contribution is -0.133. The summed E-state index contributed by atoms with van der Waals surface area (Å²) in [5.41, 5.74) is 4.22. The van der Waals surface area contributed by atoms with Crippen LogP contribution in [0.3, 0.4) is 0 Å². The van der Waals surface area contributed by atoms with Crippen molar-refractivity contribution in [1.82, 2.24) is 9.80 Å². The highest BCUT2D eigenvalue weighted by atomic mass is 32.1. The van der Waals surface area contributed by atoms with E-state index in [-0.39, 0.29) is 12.0 Å². The standard InChI is InChI=1S/C26H34N2O2S/c29-26(14-21-9-13-31-19-21)28(18-25-6-3-12-30-25)17-20-7-10-27(11-8-20)24-15-22-4-1-2-5-23(22)16-24/h1-2,4-5,9,13,19-20,24-25H,3,6-8,10-12,14-18H2/t25-/m1/s1. The van der Waals surface area contributed by atoms with Crippen LogP contribution < -0.4 is 0 Å². The summed E-state index contributed by atoms with van der Waals surface area (Å²) < 4.78 is 5.87. The van der Waals surface area contributed by atoms with Crippen molar-refractivity contribution in [3.8, 4) is 0 Å². The lowest BCUT2D eigenvalue weighted by Crippen LogP contribution is -2.46. The maximum absolute atomic E-state index is 13.1. The number of likely N-dealkylation sites (tertiary alicyclic amines) is 1. The van der Waals surface area contributed by atoms with Gasteiger partial charge in [0.1, 0.15) is 0 Å². The number of piperidine rings is 1. The van der Waals surface area contributed by atoms with Gasteiger partial charge in [-0.3, -0.25) is 9.69 Å². The summed E-state index contributed by atoms with van der Waals surface area (Å²) in [5, 5.41) is 4.16. The second-order valence-corrected chi connectivity index (χ2v) is 10.3. The molecule has 0 unspecified atom stereocenters. The van der Waals surface area contributed by atoms with Crippen LogP contribution in [0.5, 0.6) is 0 Å². The highest BCUT2D eigenvalue weighted by Gasteiger charge is 2.31. The Labute approximate surface area is 190 Å². The molecule has 1 atom stereocenters. The lowest BCUT2D eigenvalue weighted by atomic mass is 9.94. The van der Waals surface area contributed by atoms with Gasteiger partial charge in [-0.2, -0.15) is 11.3 Å². The molecule has 2 saturated heterocycles. The monoisotopic (exact) mass is 438 g/mol. The van der Waals surface area contributed by atoms with Gasteiger partial charge in [-0.1, -0.05) is 24.3 Å². The van der Waals surface area contributed by atoms with E-state index in [0.29, 0.717) is 18.4 Å². The summed E-state index contributed by atoms with van der Waals surface area (Å²) in [6, 6.07) is 11.7. The number of amides is 1. The van der Waals surface area contributed by atoms with Crippen molar-refractivity contribution >= 4 is 17.2 Å². The number of benzene rings is 1. The van der Waals surface area contributed by atoms with E-state index < -0.39 is 0 Å². The first-order chi connectivity index (χ1) is 15.2. The molecule has 3 aliphatic rings. The number of carbonyl (C=O) groups is 1. The van der Waals surface area contributed by atoms with Crippen molar-refractivity contribution < 1.29 is 9.53 Å². The van der Waals surface area contributed by atoms with E-state index in [9.17, 15) is 4.79 Å². The summed E-state index contributed by atoms with van der Waals surface area (Å²) in [6.07, 6.45) is 7.75. The molecule has 2 aromatic rings. The van der Waals surface area contributed by atoms with E-state index in [4.69, 9.17) is 4.74 Å². The minimum atomic E-state index is 0.225. The third-order valence-electron chi connectivity index (χ3n) is 7.41. The van der Waals surface area contributed by atoms with Crippen molar-refractivity contribution in [1.29, 1.82) is 0 Å². The fourth-order valence-electron chi connectivity index (χ4n) is 5.60. The fourth-order valence-corrected chi connectivity index (χ4v) is 6.27. The van der Waals surface area contributed by atoms with Gasteiger partial charge in [0.15, 0.2) is 0 Å². The summed E-state index contributed by atoms with van der Waals surface area (Å²) in [4.78, 5) is 18.0. The first-order valence-corrected chi connectivity index (χ1v) is 12.9. The zero-order valence-corrected chi connectivity index (χ0v) is 19.2. The molecule has 5 rings (SSSR count). The summed E-state index contributed by atoms with van der Waals surface area (Å²) in [6.45, 7) is 4.83. The van der Waals surface area contributed by atoms with Crippen LogP contribution in [0.4, 0.5) is 0 Å². The number of ether oxygens (including phenoxy) is 1. The SMILES string of the molecule is O=C(Cc1ccsc1)N(CC1CCN(C2Cc3ccccc3C2)CC1)C[C@H]1CCCO1. The van der Waals surface area contributed by atoms with Crippen molar-refractivity contribution in [3.63, 3.8) is 0 Å². The quantitative estimate of drug-likeness (QED) is 0.650. The van der Waals surface area contributed by atoms with E-state index in [2.05, 4.69) is 50.9 Å². The Kier molecular flexibility index (Phi) is 6.72. The molecule has 1 aliphatic carbocycles. The van der Waals surface area contributed by atoms with E-state index in [1.165, 1.54) is 36.8 Å². The predicted octanol–water partition coefficient (Wildman–Crippen LogP) is 4.18. The topological polar surface area (TPSA) is 32.8 Å². The Morgan fingerprint density at radius 3 is 2.48 bits per heavy atom. The van der Waals surface area contributed by atoms with Gasteiger partial charge in [-0.05, 0) is 91.0 Å². The molecular weight excluding hydrogens is 404 g/mol. The highest BCUT2D eigenvalue weighted by molar-refractivity contribution is 7.08. The zero-order valence-electron chi connectivity index (χ0n) is 18.4. The Morgan fingerprint density at radius 2 is 1.84 bits per heavy atom. The number of rotatable bonds is 7. The Morgan fingerprint density at radius 1 is 1.06 bits per heavy atom. The van der Waals surface area contributed by atoms with Gasteiger partial charge < -0.3 is 9.64 Å². The minimum absolute atomic E-state index is 0.225. The van der Waals surface area contributed by atoms with E-state index in [0.717, 1.165) is 51.2 Å². The Balaban J connectivity index is 1.15. The van der Waals surface area contributed by atoms with E-state index in [1.807, 2.05) is 0 Å². The van der Waals surface area contributed by atoms with Gasteiger partial charge in [0.25, 0.3) is 0 Å². The van der Waals surface area contributed by atoms with Crippen LogP contribution in [0, 0.1) is 5.92 Å². The number of hydrogen-bond acceptors (Lipinski definition) is 4. The molecule has 5 heteroatoms.